The van der Waals surface area contributed by atoms with Gasteiger partial charge in [-0.1, -0.05) is 17.7 Å². The van der Waals surface area contributed by atoms with Crippen LogP contribution in [0.2, 0.25) is 5.02 Å². The van der Waals surface area contributed by atoms with Gasteiger partial charge in [-0.2, -0.15) is 0 Å². The zero-order valence-corrected chi connectivity index (χ0v) is 15.2. The molecule has 0 radical (unpaired) electrons. The number of likely N-dealkylation sites (tertiary alicyclic amines) is 1. The Balaban J connectivity index is 1.41. The molecule has 0 aliphatic carbocycles. The van der Waals surface area contributed by atoms with E-state index in [2.05, 4.69) is 10.2 Å². The first-order valence-electron chi connectivity index (χ1n) is 8.89. The van der Waals surface area contributed by atoms with Gasteiger partial charge in [-0.15, -0.1) is 10.2 Å². The molecule has 0 spiro atoms. The summed E-state index contributed by atoms with van der Waals surface area (Å²) in [5.74, 6) is 1.99. The number of carbonyl (C=O) groups excluding carboxylic acids is 1. The molecule has 1 atom stereocenters. The Labute approximate surface area is 160 Å². The molecule has 5 rings (SSSR count). The Morgan fingerprint density at radius 2 is 2.15 bits per heavy atom. The van der Waals surface area contributed by atoms with Crippen LogP contribution in [0.1, 0.15) is 34.9 Å². The molecule has 3 aromatic rings. The number of pyridine rings is 1. The minimum atomic E-state index is -0.0614. The fraction of sp³-hybridized carbons (Fsp3) is 0.316. The Morgan fingerprint density at radius 1 is 1.22 bits per heavy atom. The van der Waals surface area contributed by atoms with Gasteiger partial charge in [0.1, 0.15) is 5.82 Å². The van der Waals surface area contributed by atoms with Crippen LogP contribution in [0, 0.1) is 0 Å². The normalized spacial score (nSPS) is 18.9. The van der Waals surface area contributed by atoms with E-state index in [1.807, 2.05) is 33.7 Å². The topological polar surface area (TPSA) is 69.0 Å². The van der Waals surface area contributed by atoms with E-state index in [1.165, 1.54) is 0 Å². The maximum absolute atomic E-state index is 13.1. The SMILES string of the molecule is O=C(c1cc(Cl)c2c(c1)OCO2)N1CCCC(c2nnc3ccccn23)C1. The summed E-state index contributed by atoms with van der Waals surface area (Å²) in [5, 5.41) is 8.99. The maximum Gasteiger partial charge on any atom is 0.254 e. The third kappa shape index (κ3) is 2.78. The van der Waals surface area contributed by atoms with Crippen molar-refractivity contribution in [1.82, 2.24) is 19.5 Å². The Bertz CT molecular complexity index is 1030. The number of piperidine rings is 1. The number of ether oxygens (including phenoxy) is 2. The lowest BCUT2D eigenvalue weighted by atomic mass is 9.96. The summed E-state index contributed by atoms with van der Waals surface area (Å²) in [6, 6.07) is 9.17. The van der Waals surface area contributed by atoms with Crippen LogP contribution >= 0.6 is 11.6 Å². The quantitative estimate of drug-likeness (QED) is 0.679. The number of carbonyl (C=O) groups is 1. The number of fused-ring (bicyclic) bond motifs is 2. The van der Waals surface area contributed by atoms with E-state index < -0.39 is 0 Å². The van der Waals surface area contributed by atoms with E-state index >= 15 is 0 Å². The van der Waals surface area contributed by atoms with Gasteiger partial charge < -0.3 is 14.4 Å². The van der Waals surface area contributed by atoms with Crippen molar-refractivity contribution in [3.63, 3.8) is 0 Å². The molecular formula is C19H17ClN4O3. The predicted molar refractivity (Wildman–Crippen MR) is 98.4 cm³/mol. The van der Waals surface area contributed by atoms with Crippen LogP contribution in [-0.4, -0.2) is 45.3 Å². The van der Waals surface area contributed by atoms with Crippen molar-refractivity contribution in [2.45, 2.75) is 18.8 Å². The molecule has 1 amide bonds. The molecule has 0 N–H and O–H groups in total. The van der Waals surface area contributed by atoms with Gasteiger partial charge in [-0.05, 0) is 37.1 Å². The highest BCUT2D eigenvalue weighted by molar-refractivity contribution is 6.32. The summed E-state index contributed by atoms with van der Waals surface area (Å²) in [5.41, 5.74) is 1.33. The van der Waals surface area contributed by atoms with E-state index in [1.54, 1.807) is 12.1 Å². The number of halogens is 1. The summed E-state index contributed by atoms with van der Waals surface area (Å²) in [6.07, 6.45) is 3.85. The van der Waals surface area contributed by atoms with Crippen molar-refractivity contribution in [3.8, 4) is 11.5 Å². The smallest absolute Gasteiger partial charge is 0.254 e. The van der Waals surface area contributed by atoms with Gasteiger partial charge in [0.25, 0.3) is 5.91 Å². The monoisotopic (exact) mass is 384 g/mol. The highest BCUT2D eigenvalue weighted by atomic mass is 35.5. The largest absolute Gasteiger partial charge is 0.454 e. The lowest BCUT2D eigenvalue weighted by Crippen LogP contribution is -2.39. The number of amides is 1. The molecule has 2 aliphatic heterocycles. The van der Waals surface area contributed by atoms with Crippen LogP contribution in [0.3, 0.4) is 0 Å². The molecule has 4 heterocycles. The first kappa shape index (κ1) is 16.4. The number of nitrogens with zero attached hydrogens (tertiary/aromatic N) is 4. The number of aromatic nitrogens is 3. The third-order valence-corrected chi connectivity index (χ3v) is 5.37. The van der Waals surface area contributed by atoms with Crippen molar-refractivity contribution in [1.29, 1.82) is 0 Å². The lowest BCUT2D eigenvalue weighted by molar-refractivity contribution is 0.0703. The molecule has 8 heteroatoms. The van der Waals surface area contributed by atoms with Crippen LogP contribution in [-0.2, 0) is 0 Å². The van der Waals surface area contributed by atoms with E-state index in [4.69, 9.17) is 21.1 Å². The van der Waals surface area contributed by atoms with E-state index in [9.17, 15) is 4.79 Å². The van der Waals surface area contributed by atoms with Crippen molar-refractivity contribution in [3.05, 3.63) is 52.9 Å². The summed E-state index contributed by atoms with van der Waals surface area (Å²) in [4.78, 5) is 14.9. The fourth-order valence-corrected chi connectivity index (χ4v) is 4.05. The minimum Gasteiger partial charge on any atom is -0.454 e. The van der Waals surface area contributed by atoms with Crippen molar-refractivity contribution in [2.75, 3.05) is 19.9 Å². The molecule has 0 bridgehead atoms. The van der Waals surface area contributed by atoms with Crippen molar-refractivity contribution < 1.29 is 14.3 Å². The molecule has 2 aromatic heterocycles. The third-order valence-electron chi connectivity index (χ3n) is 5.09. The van der Waals surface area contributed by atoms with Crippen LogP contribution in [0.5, 0.6) is 11.5 Å². The average Bonchev–Trinajstić information content (AvgIpc) is 3.34. The minimum absolute atomic E-state index is 0.0614. The van der Waals surface area contributed by atoms with Crippen LogP contribution in [0.25, 0.3) is 5.65 Å². The van der Waals surface area contributed by atoms with Crippen LogP contribution < -0.4 is 9.47 Å². The molecule has 1 saturated heterocycles. The fourth-order valence-electron chi connectivity index (χ4n) is 3.78. The summed E-state index contributed by atoms with van der Waals surface area (Å²) in [7, 11) is 0. The van der Waals surface area contributed by atoms with E-state index in [0.29, 0.717) is 35.2 Å². The molecule has 7 nitrogen and oxygen atoms in total. The lowest BCUT2D eigenvalue weighted by Gasteiger charge is -2.32. The second-order valence-electron chi connectivity index (χ2n) is 6.77. The Morgan fingerprint density at radius 3 is 3.07 bits per heavy atom. The number of rotatable bonds is 2. The molecule has 2 aliphatic rings. The van der Waals surface area contributed by atoms with Gasteiger partial charge >= 0.3 is 0 Å². The van der Waals surface area contributed by atoms with Gasteiger partial charge in [-0.25, -0.2) is 0 Å². The summed E-state index contributed by atoms with van der Waals surface area (Å²) < 4.78 is 12.7. The average molecular weight is 385 g/mol. The highest BCUT2D eigenvalue weighted by Crippen LogP contribution is 2.40. The number of benzene rings is 1. The second kappa shape index (κ2) is 6.42. The maximum atomic E-state index is 13.1. The van der Waals surface area contributed by atoms with E-state index in [-0.39, 0.29) is 18.6 Å². The van der Waals surface area contributed by atoms with E-state index in [0.717, 1.165) is 24.3 Å². The molecule has 1 fully saturated rings. The molecule has 1 aromatic carbocycles. The highest BCUT2D eigenvalue weighted by Gasteiger charge is 2.30. The first-order valence-corrected chi connectivity index (χ1v) is 9.26. The van der Waals surface area contributed by atoms with Crippen LogP contribution in [0.15, 0.2) is 36.5 Å². The second-order valence-corrected chi connectivity index (χ2v) is 7.18. The van der Waals surface area contributed by atoms with Crippen LogP contribution in [0.4, 0.5) is 0 Å². The zero-order valence-electron chi connectivity index (χ0n) is 14.5. The standard InChI is InChI=1S/C19H17ClN4O3/c20-14-8-13(9-15-17(14)27-11-26-15)19(25)23-6-3-4-12(10-23)18-22-21-16-5-1-2-7-24(16)18/h1-2,5,7-9,12H,3-4,6,10-11H2. The molecule has 1 unspecified atom stereocenters. The molecule has 27 heavy (non-hydrogen) atoms. The molecular weight excluding hydrogens is 368 g/mol. The number of hydrogen-bond donors (Lipinski definition) is 0. The van der Waals surface area contributed by atoms with Crippen molar-refractivity contribution in [2.24, 2.45) is 0 Å². The van der Waals surface area contributed by atoms with Gasteiger partial charge in [0.05, 0.1) is 5.02 Å². The van der Waals surface area contributed by atoms with Gasteiger partial charge in [0.2, 0.25) is 6.79 Å². The van der Waals surface area contributed by atoms with Gasteiger partial charge in [0.15, 0.2) is 17.1 Å². The number of hydrogen-bond acceptors (Lipinski definition) is 5. The molecule has 138 valence electrons. The summed E-state index contributed by atoms with van der Waals surface area (Å²) in [6.45, 7) is 1.43. The Hall–Kier alpha value is -2.80. The summed E-state index contributed by atoms with van der Waals surface area (Å²) >= 11 is 6.24. The van der Waals surface area contributed by atoms with Crippen molar-refractivity contribution >= 4 is 23.2 Å². The first-order chi connectivity index (χ1) is 13.2. The van der Waals surface area contributed by atoms with Gasteiger partial charge in [-0.3, -0.25) is 9.20 Å². The Kier molecular flexibility index (Phi) is 3.89. The van der Waals surface area contributed by atoms with Gasteiger partial charge in [0, 0.05) is 30.8 Å². The predicted octanol–water partition coefficient (Wildman–Crippen LogP) is 3.13. The molecule has 0 saturated carbocycles. The zero-order chi connectivity index (χ0) is 18.4.